The highest BCUT2D eigenvalue weighted by atomic mass is 16.5. The van der Waals surface area contributed by atoms with E-state index in [1.165, 1.54) is 0 Å². The van der Waals surface area contributed by atoms with Crippen molar-refractivity contribution in [1.82, 2.24) is 0 Å². The first kappa shape index (κ1) is 12.5. The average molecular weight is 267 g/mol. The molecule has 0 saturated carbocycles. The van der Waals surface area contributed by atoms with Crippen LogP contribution in [0.4, 0.5) is 0 Å². The summed E-state index contributed by atoms with van der Waals surface area (Å²) in [6.07, 6.45) is 0. The third-order valence-corrected chi connectivity index (χ3v) is 3.20. The quantitative estimate of drug-likeness (QED) is 0.659. The third kappa shape index (κ3) is 1.97. The molecule has 1 heterocycles. The van der Waals surface area contributed by atoms with Crippen molar-refractivity contribution in [1.29, 1.82) is 0 Å². The minimum absolute atomic E-state index is 0.609. The molecule has 0 spiro atoms. The molecule has 0 amide bonds. The van der Waals surface area contributed by atoms with Crippen molar-refractivity contribution < 1.29 is 13.9 Å². The first-order valence-electron chi connectivity index (χ1n) is 6.37. The summed E-state index contributed by atoms with van der Waals surface area (Å²) in [6.45, 7) is 0. The molecule has 0 aliphatic rings. The Bertz CT molecular complexity index is 736. The molecule has 0 unspecified atom stereocenters. The lowest BCUT2D eigenvalue weighted by atomic mass is 10.1. The highest BCUT2D eigenvalue weighted by molar-refractivity contribution is 5.89. The molecule has 0 N–H and O–H groups in total. The zero-order valence-electron chi connectivity index (χ0n) is 11.4. The molecule has 3 heteroatoms. The Labute approximate surface area is 117 Å². The van der Waals surface area contributed by atoms with Gasteiger partial charge in [0.2, 0.25) is 0 Å². The molecule has 1 aromatic heterocycles. The number of rotatable bonds is 3. The number of methoxy groups -OCH3 is 2. The van der Waals surface area contributed by atoms with Crippen LogP contribution in [0.15, 0.2) is 59.0 Å². The van der Waals surface area contributed by atoms with Gasteiger partial charge in [-0.25, -0.2) is 4.42 Å². The Kier molecular flexibility index (Phi) is 3.25. The van der Waals surface area contributed by atoms with Gasteiger partial charge >= 0.3 is 11.3 Å². The molecule has 0 atom stereocenters. The fourth-order valence-electron chi connectivity index (χ4n) is 2.29. The zero-order valence-corrected chi connectivity index (χ0v) is 11.4. The largest absolute Gasteiger partial charge is 0.492 e. The fourth-order valence-corrected chi connectivity index (χ4v) is 2.29. The van der Waals surface area contributed by atoms with Gasteiger partial charge in [0.25, 0.3) is 5.75 Å². The molecule has 100 valence electrons. The van der Waals surface area contributed by atoms with Crippen LogP contribution < -0.4 is 9.47 Å². The molecule has 0 aliphatic heterocycles. The zero-order chi connectivity index (χ0) is 13.9. The van der Waals surface area contributed by atoms with E-state index in [4.69, 9.17) is 13.9 Å². The number of hydrogen-bond donors (Lipinski definition) is 0. The van der Waals surface area contributed by atoms with Crippen LogP contribution in [0.5, 0.6) is 11.5 Å². The van der Waals surface area contributed by atoms with Crippen LogP contribution >= 0.6 is 0 Å². The minimum atomic E-state index is 0.609. The van der Waals surface area contributed by atoms with Crippen LogP contribution in [0.2, 0.25) is 0 Å². The second-order valence-corrected chi connectivity index (χ2v) is 4.36. The van der Waals surface area contributed by atoms with Crippen molar-refractivity contribution in [3.05, 3.63) is 54.6 Å². The number of benzene rings is 2. The highest BCUT2D eigenvalue weighted by Crippen LogP contribution is 2.43. The van der Waals surface area contributed by atoms with E-state index in [1.807, 2.05) is 54.6 Å². The summed E-state index contributed by atoms with van der Waals surface area (Å²) in [6, 6.07) is 17.6. The van der Waals surface area contributed by atoms with Gasteiger partial charge in [-0.2, -0.15) is 0 Å². The average Bonchev–Trinajstić information content (AvgIpc) is 2.53. The maximum atomic E-state index is 6.01. The summed E-state index contributed by atoms with van der Waals surface area (Å²) in [5, 5.41) is 0.895. The molecule has 2 aromatic carbocycles. The van der Waals surface area contributed by atoms with Gasteiger partial charge in [0.15, 0.2) is 5.75 Å². The van der Waals surface area contributed by atoms with Crippen LogP contribution in [0.1, 0.15) is 0 Å². The summed E-state index contributed by atoms with van der Waals surface area (Å²) in [7, 11) is 3.26. The molecule has 3 nitrogen and oxygen atoms in total. The smallest absolute Gasteiger partial charge is 0.406 e. The number of fused-ring (bicyclic) bond motifs is 1. The molecule has 20 heavy (non-hydrogen) atoms. The lowest BCUT2D eigenvalue weighted by molar-refractivity contribution is 0.349. The van der Waals surface area contributed by atoms with Crippen molar-refractivity contribution in [2.24, 2.45) is 0 Å². The van der Waals surface area contributed by atoms with Gasteiger partial charge in [-0.3, -0.25) is 0 Å². The highest BCUT2D eigenvalue weighted by Gasteiger charge is 2.28. The molecular formula is C17H15O3+. The van der Waals surface area contributed by atoms with Crippen LogP contribution in [-0.4, -0.2) is 14.2 Å². The van der Waals surface area contributed by atoms with E-state index in [0.717, 1.165) is 16.5 Å². The van der Waals surface area contributed by atoms with Gasteiger partial charge in [0.05, 0.1) is 19.8 Å². The predicted molar refractivity (Wildman–Crippen MR) is 79.2 cm³/mol. The summed E-state index contributed by atoms with van der Waals surface area (Å²) in [5.41, 5.74) is 1.72. The number of para-hydroxylation sites is 1. The van der Waals surface area contributed by atoms with Crippen LogP contribution in [0.25, 0.3) is 22.3 Å². The molecule has 0 radical (unpaired) electrons. The van der Waals surface area contributed by atoms with Crippen molar-refractivity contribution in [2.75, 3.05) is 14.2 Å². The van der Waals surface area contributed by atoms with E-state index in [0.29, 0.717) is 17.3 Å². The maximum Gasteiger partial charge on any atom is 0.406 e. The molecule has 0 bridgehead atoms. The van der Waals surface area contributed by atoms with Gasteiger partial charge < -0.3 is 9.47 Å². The van der Waals surface area contributed by atoms with Crippen LogP contribution in [-0.2, 0) is 0 Å². The Hall–Kier alpha value is -2.55. The van der Waals surface area contributed by atoms with E-state index in [-0.39, 0.29) is 0 Å². The first-order chi connectivity index (χ1) is 9.85. The van der Waals surface area contributed by atoms with Gasteiger partial charge in [-0.05, 0) is 18.2 Å². The summed E-state index contributed by atoms with van der Waals surface area (Å²) in [4.78, 5) is 0. The van der Waals surface area contributed by atoms with Gasteiger partial charge in [-0.15, -0.1) is 0 Å². The van der Waals surface area contributed by atoms with Crippen LogP contribution in [0, 0.1) is 0 Å². The minimum Gasteiger partial charge on any atom is -0.492 e. The lowest BCUT2D eigenvalue weighted by Crippen LogP contribution is -1.95. The molecule has 0 fully saturated rings. The Morgan fingerprint density at radius 1 is 0.750 bits per heavy atom. The van der Waals surface area contributed by atoms with Crippen molar-refractivity contribution in [3.8, 4) is 22.8 Å². The number of ether oxygens (including phenoxy) is 2. The molecule has 3 aromatic rings. The third-order valence-electron chi connectivity index (χ3n) is 3.20. The van der Waals surface area contributed by atoms with E-state index >= 15 is 0 Å². The summed E-state index contributed by atoms with van der Waals surface area (Å²) < 4.78 is 17.0. The molecule has 0 saturated heterocycles. The molecule has 0 aliphatic carbocycles. The normalized spacial score (nSPS) is 10.5. The first-order valence-corrected chi connectivity index (χ1v) is 6.37. The fraction of sp³-hybridized carbons (Fsp3) is 0.118. The Balaban J connectivity index is 2.37. The Morgan fingerprint density at radius 3 is 2.10 bits per heavy atom. The lowest BCUT2D eigenvalue weighted by Gasteiger charge is -2.07. The molecular weight excluding hydrogens is 252 g/mol. The van der Waals surface area contributed by atoms with Gasteiger partial charge in [0.1, 0.15) is 5.39 Å². The topological polar surface area (TPSA) is 29.8 Å². The standard InChI is InChI=1S/C17H15O3/c1-18-16-13-10-6-7-11-14(13)20-15(17(16)19-2)12-8-4-3-5-9-12/h3-11H,1-2H3/q+1. The monoisotopic (exact) mass is 267 g/mol. The van der Waals surface area contributed by atoms with Crippen molar-refractivity contribution in [2.45, 2.75) is 0 Å². The molecule has 3 rings (SSSR count). The van der Waals surface area contributed by atoms with E-state index in [2.05, 4.69) is 0 Å². The van der Waals surface area contributed by atoms with E-state index < -0.39 is 0 Å². The maximum absolute atomic E-state index is 6.01. The van der Waals surface area contributed by atoms with E-state index in [1.54, 1.807) is 14.2 Å². The van der Waals surface area contributed by atoms with Crippen molar-refractivity contribution in [3.63, 3.8) is 0 Å². The second-order valence-electron chi connectivity index (χ2n) is 4.36. The van der Waals surface area contributed by atoms with Gasteiger partial charge in [-0.1, -0.05) is 30.3 Å². The second kappa shape index (κ2) is 5.21. The van der Waals surface area contributed by atoms with Crippen LogP contribution in [0.3, 0.4) is 0 Å². The Morgan fingerprint density at radius 2 is 1.40 bits per heavy atom. The van der Waals surface area contributed by atoms with Gasteiger partial charge in [0, 0.05) is 6.07 Å². The predicted octanol–water partition coefficient (Wildman–Crippen LogP) is 4.40. The summed E-state index contributed by atoms with van der Waals surface area (Å²) >= 11 is 0. The number of hydrogen-bond acceptors (Lipinski definition) is 2. The van der Waals surface area contributed by atoms with Crippen molar-refractivity contribution >= 4 is 11.0 Å². The summed E-state index contributed by atoms with van der Waals surface area (Å²) in [5.74, 6) is 1.97. The van der Waals surface area contributed by atoms with E-state index in [9.17, 15) is 0 Å². The SMILES string of the molecule is COc1c(-c2ccccc2)[o+]c2ccccc2c1OC.